The number of aromatic nitrogens is 1. The number of rotatable bonds is 2. The van der Waals surface area contributed by atoms with E-state index in [1.807, 2.05) is 0 Å². The highest BCUT2D eigenvalue weighted by atomic mass is 15.0. The number of hydrogen-bond acceptors (Lipinski definition) is 0. The van der Waals surface area contributed by atoms with Gasteiger partial charge in [0.1, 0.15) is 0 Å². The zero-order valence-corrected chi connectivity index (χ0v) is 9.89. The van der Waals surface area contributed by atoms with Crippen molar-refractivity contribution in [3.05, 3.63) is 30.6 Å². The Balaban J connectivity index is 1.94. The highest BCUT2D eigenvalue weighted by Gasteiger charge is 2.27. The maximum absolute atomic E-state index is 2.39. The van der Waals surface area contributed by atoms with E-state index in [2.05, 4.69) is 49.0 Å². The molecule has 1 aromatic heterocycles. The summed E-state index contributed by atoms with van der Waals surface area (Å²) in [5.41, 5.74) is 0. The van der Waals surface area contributed by atoms with Crippen LogP contribution < -0.4 is 4.57 Å². The third kappa shape index (κ3) is 2.58. The Morgan fingerprint density at radius 1 is 0.933 bits per heavy atom. The maximum atomic E-state index is 2.39. The van der Waals surface area contributed by atoms with Crippen LogP contribution in [0, 0.1) is 11.8 Å². The monoisotopic (exact) mass is 204 g/mol. The van der Waals surface area contributed by atoms with Crippen molar-refractivity contribution in [2.24, 2.45) is 11.8 Å². The third-order valence-corrected chi connectivity index (χ3v) is 3.84. The lowest BCUT2D eigenvalue weighted by Gasteiger charge is -2.27. The lowest BCUT2D eigenvalue weighted by atomic mass is 9.79. The molecular weight excluding hydrogens is 182 g/mol. The fourth-order valence-corrected chi connectivity index (χ4v) is 2.72. The van der Waals surface area contributed by atoms with Gasteiger partial charge in [-0.2, -0.15) is 0 Å². The topological polar surface area (TPSA) is 3.88 Å². The molecule has 0 saturated heterocycles. The Hall–Kier alpha value is -0.850. The Kier molecular flexibility index (Phi) is 3.40. The molecular formula is C14H22N+. The Morgan fingerprint density at radius 3 is 2.07 bits per heavy atom. The molecule has 15 heavy (non-hydrogen) atoms. The molecule has 2 rings (SSSR count). The second kappa shape index (κ2) is 4.78. The van der Waals surface area contributed by atoms with Crippen LogP contribution in [0.1, 0.15) is 45.6 Å². The molecule has 1 aromatic rings. The summed E-state index contributed by atoms with van der Waals surface area (Å²) in [5, 5.41) is 0. The van der Waals surface area contributed by atoms with Crippen molar-refractivity contribution >= 4 is 0 Å². The number of nitrogens with zero attached hydrogens (tertiary/aromatic N) is 1. The molecule has 0 aromatic carbocycles. The van der Waals surface area contributed by atoms with Crippen LogP contribution in [0.2, 0.25) is 0 Å². The smallest absolute Gasteiger partial charge is 0.169 e. The van der Waals surface area contributed by atoms with Gasteiger partial charge < -0.3 is 0 Å². The van der Waals surface area contributed by atoms with Gasteiger partial charge in [0, 0.05) is 25.0 Å². The van der Waals surface area contributed by atoms with Crippen LogP contribution in [-0.2, 0) is 0 Å². The fourth-order valence-electron chi connectivity index (χ4n) is 2.72. The van der Waals surface area contributed by atoms with Gasteiger partial charge in [0.15, 0.2) is 18.4 Å². The van der Waals surface area contributed by atoms with Gasteiger partial charge in [-0.1, -0.05) is 19.9 Å². The largest absolute Gasteiger partial charge is 0.202 e. The number of hydrogen-bond donors (Lipinski definition) is 0. The van der Waals surface area contributed by atoms with Crippen molar-refractivity contribution in [2.45, 2.75) is 45.6 Å². The number of pyridine rings is 1. The molecule has 0 atom stereocenters. The minimum Gasteiger partial charge on any atom is -0.202 e. The van der Waals surface area contributed by atoms with Gasteiger partial charge >= 0.3 is 0 Å². The predicted octanol–water partition coefficient (Wildman–Crippen LogP) is 3.36. The van der Waals surface area contributed by atoms with Crippen LogP contribution in [0.25, 0.3) is 0 Å². The van der Waals surface area contributed by atoms with Gasteiger partial charge in [-0.3, -0.25) is 0 Å². The van der Waals surface area contributed by atoms with E-state index in [9.17, 15) is 0 Å². The second-order valence-corrected chi connectivity index (χ2v) is 5.14. The standard InChI is InChI=1S/C14H22N/c1-12(2)13-6-8-14(9-7-13)15-10-4-3-5-11-15/h3-5,10-14H,6-9H2,1-2H3/q+1. The van der Waals surface area contributed by atoms with Gasteiger partial charge in [0.2, 0.25) is 0 Å². The summed E-state index contributed by atoms with van der Waals surface area (Å²) in [6, 6.07) is 7.11. The van der Waals surface area contributed by atoms with E-state index in [1.54, 1.807) is 0 Å². The SMILES string of the molecule is CC(C)C1CCC([n+]2ccccc2)CC1. The molecule has 1 nitrogen and oxygen atoms in total. The normalized spacial score (nSPS) is 26.9. The van der Waals surface area contributed by atoms with Gasteiger partial charge in [-0.05, 0) is 24.7 Å². The molecule has 0 spiro atoms. The molecule has 1 aliphatic rings. The molecule has 1 saturated carbocycles. The van der Waals surface area contributed by atoms with Gasteiger partial charge in [0.05, 0.1) is 0 Å². The third-order valence-electron chi connectivity index (χ3n) is 3.84. The molecule has 1 heteroatoms. The molecule has 1 fully saturated rings. The van der Waals surface area contributed by atoms with Gasteiger partial charge in [0.25, 0.3) is 0 Å². The Morgan fingerprint density at radius 2 is 1.53 bits per heavy atom. The summed E-state index contributed by atoms with van der Waals surface area (Å²) in [4.78, 5) is 0. The van der Waals surface area contributed by atoms with E-state index < -0.39 is 0 Å². The van der Waals surface area contributed by atoms with E-state index in [-0.39, 0.29) is 0 Å². The quantitative estimate of drug-likeness (QED) is 0.650. The lowest BCUT2D eigenvalue weighted by molar-refractivity contribution is -0.726. The van der Waals surface area contributed by atoms with E-state index >= 15 is 0 Å². The van der Waals surface area contributed by atoms with Crippen LogP contribution >= 0.6 is 0 Å². The van der Waals surface area contributed by atoms with Crippen LogP contribution in [0.15, 0.2) is 30.6 Å². The summed E-state index contributed by atoms with van der Waals surface area (Å²) >= 11 is 0. The Bertz CT molecular complexity index is 283. The lowest BCUT2D eigenvalue weighted by Crippen LogP contribution is -2.41. The minimum atomic E-state index is 0.751. The molecule has 0 radical (unpaired) electrons. The predicted molar refractivity (Wildman–Crippen MR) is 62.5 cm³/mol. The highest BCUT2D eigenvalue weighted by molar-refractivity contribution is 4.84. The van der Waals surface area contributed by atoms with Crippen molar-refractivity contribution in [3.63, 3.8) is 0 Å². The van der Waals surface area contributed by atoms with Crippen molar-refractivity contribution in [3.8, 4) is 0 Å². The van der Waals surface area contributed by atoms with E-state index in [4.69, 9.17) is 0 Å². The molecule has 0 unspecified atom stereocenters. The average Bonchev–Trinajstić information content (AvgIpc) is 2.30. The molecule has 82 valence electrons. The molecule has 0 N–H and O–H groups in total. The van der Waals surface area contributed by atoms with E-state index in [0.717, 1.165) is 17.9 Å². The Labute approximate surface area is 93.1 Å². The summed E-state index contributed by atoms with van der Waals surface area (Å²) in [7, 11) is 0. The molecule has 0 aliphatic heterocycles. The highest BCUT2D eigenvalue weighted by Crippen LogP contribution is 2.33. The van der Waals surface area contributed by atoms with Crippen molar-refractivity contribution in [1.82, 2.24) is 0 Å². The van der Waals surface area contributed by atoms with Crippen LogP contribution in [0.5, 0.6) is 0 Å². The first-order valence-electron chi connectivity index (χ1n) is 6.23. The first kappa shape index (κ1) is 10.7. The van der Waals surface area contributed by atoms with Gasteiger partial charge in [-0.15, -0.1) is 0 Å². The summed E-state index contributed by atoms with van der Waals surface area (Å²) < 4.78 is 2.39. The summed E-state index contributed by atoms with van der Waals surface area (Å²) in [6.07, 6.45) is 9.95. The molecule has 0 amide bonds. The minimum absolute atomic E-state index is 0.751. The van der Waals surface area contributed by atoms with E-state index in [1.165, 1.54) is 25.7 Å². The molecule has 1 aliphatic carbocycles. The van der Waals surface area contributed by atoms with Crippen molar-refractivity contribution < 1.29 is 4.57 Å². The summed E-state index contributed by atoms with van der Waals surface area (Å²) in [5.74, 6) is 1.83. The van der Waals surface area contributed by atoms with Crippen molar-refractivity contribution in [2.75, 3.05) is 0 Å². The van der Waals surface area contributed by atoms with Crippen LogP contribution in [0.3, 0.4) is 0 Å². The average molecular weight is 204 g/mol. The van der Waals surface area contributed by atoms with Gasteiger partial charge in [-0.25, -0.2) is 4.57 Å². The van der Waals surface area contributed by atoms with E-state index in [0.29, 0.717) is 0 Å². The zero-order chi connectivity index (χ0) is 10.7. The first-order chi connectivity index (χ1) is 7.27. The molecule has 0 bridgehead atoms. The maximum Gasteiger partial charge on any atom is 0.169 e. The van der Waals surface area contributed by atoms with Crippen LogP contribution in [0.4, 0.5) is 0 Å². The van der Waals surface area contributed by atoms with Crippen LogP contribution in [-0.4, -0.2) is 0 Å². The second-order valence-electron chi connectivity index (χ2n) is 5.14. The molecule has 1 heterocycles. The van der Waals surface area contributed by atoms with Crippen molar-refractivity contribution in [1.29, 1.82) is 0 Å². The first-order valence-corrected chi connectivity index (χ1v) is 6.23. The summed E-state index contributed by atoms with van der Waals surface area (Å²) in [6.45, 7) is 4.72. The fraction of sp³-hybridized carbons (Fsp3) is 0.643. The zero-order valence-electron chi connectivity index (χ0n) is 9.89.